The third-order valence-corrected chi connectivity index (χ3v) is 5.58. The summed E-state index contributed by atoms with van der Waals surface area (Å²) < 4.78 is 15.9. The molecule has 4 rings (SSSR count). The van der Waals surface area contributed by atoms with Crippen molar-refractivity contribution in [3.8, 4) is 11.5 Å². The maximum Gasteiger partial charge on any atom is 0.337 e. The lowest BCUT2D eigenvalue weighted by Gasteiger charge is -2.07. The molecule has 0 saturated carbocycles. The van der Waals surface area contributed by atoms with Gasteiger partial charge in [0, 0.05) is 10.9 Å². The Labute approximate surface area is 182 Å². The van der Waals surface area contributed by atoms with Crippen LogP contribution in [0.1, 0.15) is 36.7 Å². The van der Waals surface area contributed by atoms with E-state index in [1.165, 1.54) is 18.4 Å². The van der Waals surface area contributed by atoms with Crippen LogP contribution in [0.15, 0.2) is 59.7 Å². The Hall–Kier alpha value is -3.71. The molecule has 1 aromatic heterocycles. The molecule has 6 nitrogen and oxygen atoms in total. The number of hydrogen-bond acceptors (Lipinski definition) is 7. The van der Waals surface area contributed by atoms with Gasteiger partial charge in [0.1, 0.15) is 11.5 Å². The Morgan fingerprint density at radius 2 is 1.90 bits per heavy atom. The van der Waals surface area contributed by atoms with Crippen molar-refractivity contribution in [3.63, 3.8) is 0 Å². The van der Waals surface area contributed by atoms with Crippen molar-refractivity contribution in [2.45, 2.75) is 13.3 Å². The molecule has 0 saturated heterocycles. The third-order valence-electron chi connectivity index (χ3n) is 4.70. The molecule has 0 unspecified atom stereocenters. The van der Waals surface area contributed by atoms with Crippen molar-refractivity contribution in [3.05, 3.63) is 86.8 Å². The Morgan fingerprint density at radius 1 is 1.13 bits per heavy atom. The molecular weight excluding hydrogens is 416 g/mol. The zero-order chi connectivity index (χ0) is 22.0. The lowest BCUT2D eigenvalue weighted by molar-refractivity contribution is -0.133. The van der Waals surface area contributed by atoms with Crippen LogP contribution in [-0.4, -0.2) is 24.8 Å². The van der Waals surface area contributed by atoms with Gasteiger partial charge in [-0.15, -0.1) is 11.3 Å². The van der Waals surface area contributed by atoms with Gasteiger partial charge in [-0.05, 0) is 53.8 Å². The predicted molar refractivity (Wildman–Crippen MR) is 116 cm³/mol. The van der Waals surface area contributed by atoms with Gasteiger partial charge in [0.05, 0.1) is 24.7 Å². The van der Waals surface area contributed by atoms with E-state index in [9.17, 15) is 14.4 Å². The Kier molecular flexibility index (Phi) is 5.68. The molecule has 1 aliphatic rings. The number of esters is 2. The molecule has 31 heavy (non-hydrogen) atoms. The fourth-order valence-corrected chi connectivity index (χ4v) is 3.93. The van der Waals surface area contributed by atoms with E-state index in [4.69, 9.17) is 9.47 Å². The molecule has 156 valence electrons. The topological polar surface area (TPSA) is 78.9 Å². The van der Waals surface area contributed by atoms with E-state index in [-0.39, 0.29) is 23.9 Å². The quantitative estimate of drug-likeness (QED) is 0.332. The van der Waals surface area contributed by atoms with Crippen LogP contribution >= 0.6 is 11.3 Å². The number of thiophene rings is 1. The summed E-state index contributed by atoms with van der Waals surface area (Å²) in [6, 6.07) is 13.6. The van der Waals surface area contributed by atoms with E-state index in [1.54, 1.807) is 49.4 Å². The van der Waals surface area contributed by atoms with Crippen LogP contribution in [0, 0.1) is 6.92 Å². The highest BCUT2D eigenvalue weighted by Crippen LogP contribution is 2.37. The van der Waals surface area contributed by atoms with Crippen molar-refractivity contribution in [2.24, 2.45) is 0 Å². The Bertz CT molecular complexity index is 1190. The van der Waals surface area contributed by atoms with Crippen LogP contribution in [0.4, 0.5) is 0 Å². The fraction of sp³-hybridized carbons (Fsp3) is 0.125. The lowest BCUT2D eigenvalue weighted by Crippen LogP contribution is -2.10. The molecule has 2 aromatic carbocycles. The van der Waals surface area contributed by atoms with Crippen LogP contribution in [-0.2, 0) is 16.0 Å². The lowest BCUT2D eigenvalue weighted by atomic mass is 10.0. The van der Waals surface area contributed by atoms with E-state index in [2.05, 4.69) is 4.74 Å². The third kappa shape index (κ3) is 4.41. The normalized spacial score (nSPS) is 13.6. The van der Waals surface area contributed by atoms with Gasteiger partial charge in [0.25, 0.3) is 0 Å². The molecular formula is C24H18O6S. The van der Waals surface area contributed by atoms with Crippen molar-refractivity contribution >= 4 is 35.1 Å². The van der Waals surface area contributed by atoms with E-state index in [1.807, 2.05) is 17.5 Å². The van der Waals surface area contributed by atoms with Gasteiger partial charge in [0.15, 0.2) is 5.76 Å². The molecule has 0 N–H and O–H groups in total. The Balaban J connectivity index is 1.53. The number of carbonyl (C=O) groups is 3. The summed E-state index contributed by atoms with van der Waals surface area (Å²) in [5.41, 5.74) is 2.21. The average molecular weight is 434 g/mol. The molecule has 0 fully saturated rings. The largest absolute Gasteiger partial charge is 0.465 e. The van der Waals surface area contributed by atoms with Gasteiger partial charge in [-0.25, -0.2) is 4.79 Å². The molecule has 1 aliphatic heterocycles. The summed E-state index contributed by atoms with van der Waals surface area (Å²) in [5.74, 6) is -0.230. The zero-order valence-electron chi connectivity index (χ0n) is 16.8. The van der Waals surface area contributed by atoms with Gasteiger partial charge in [0.2, 0.25) is 5.78 Å². The number of aryl methyl sites for hydroxylation is 1. The molecule has 0 atom stereocenters. The first-order valence-electron chi connectivity index (χ1n) is 9.45. The highest BCUT2D eigenvalue weighted by Gasteiger charge is 2.30. The van der Waals surface area contributed by atoms with Gasteiger partial charge in [-0.2, -0.15) is 0 Å². The summed E-state index contributed by atoms with van der Waals surface area (Å²) in [4.78, 5) is 37.5. The predicted octanol–water partition coefficient (Wildman–Crippen LogP) is 4.61. The summed E-state index contributed by atoms with van der Waals surface area (Å²) in [6.07, 6.45) is 1.78. The van der Waals surface area contributed by atoms with Crippen molar-refractivity contribution < 1.29 is 28.6 Å². The van der Waals surface area contributed by atoms with Gasteiger partial charge in [-0.1, -0.05) is 18.2 Å². The molecule has 0 amide bonds. The number of carbonyl (C=O) groups excluding carboxylic acids is 3. The van der Waals surface area contributed by atoms with Crippen molar-refractivity contribution in [1.29, 1.82) is 0 Å². The fourth-order valence-electron chi connectivity index (χ4n) is 3.24. The van der Waals surface area contributed by atoms with Crippen LogP contribution in [0.3, 0.4) is 0 Å². The highest BCUT2D eigenvalue weighted by atomic mass is 32.1. The molecule has 3 aromatic rings. The number of allylic oxidation sites excluding steroid dienone is 1. The first-order valence-corrected chi connectivity index (χ1v) is 10.3. The molecule has 2 heterocycles. The molecule has 0 bridgehead atoms. The Morgan fingerprint density at radius 3 is 2.58 bits per heavy atom. The summed E-state index contributed by atoms with van der Waals surface area (Å²) >= 11 is 1.49. The minimum absolute atomic E-state index is 0.158. The SMILES string of the molecule is COC(=O)c1ccc(/C=C2\Oc3cc(OC(=O)Cc4cccs4)cc(C)c3C2=O)cc1. The monoisotopic (exact) mass is 434 g/mol. The minimum atomic E-state index is -0.434. The van der Waals surface area contributed by atoms with E-state index in [0.29, 0.717) is 33.8 Å². The number of benzene rings is 2. The number of ether oxygens (including phenoxy) is 3. The van der Waals surface area contributed by atoms with Gasteiger partial charge < -0.3 is 14.2 Å². The first-order chi connectivity index (χ1) is 14.9. The van der Waals surface area contributed by atoms with E-state index in [0.717, 1.165) is 4.88 Å². The summed E-state index contributed by atoms with van der Waals surface area (Å²) in [5, 5.41) is 1.90. The number of methoxy groups -OCH3 is 1. The molecule has 0 aliphatic carbocycles. The van der Waals surface area contributed by atoms with E-state index >= 15 is 0 Å². The van der Waals surface area contributed by atoms with Crippen LogP contribution in [0.2, 0.25) is 0 Å². The first kappa shape index (κ1) is 20.6. The van der Waals surface area contributed by atoms with Crippen LogP contribution < -0.4 is 9.47 Å². The van der Waals surface area contributed by atoms with Crippen LogP contribution in [0.25, 0.3) is 6.08 Å². The second-order valence-electron chi connectivity index (χ2n) is 6.90. The standard InChI is InChI=1S/C24H18O6S/c1-14-10-17(29-21(25)13-18-4-3-9-31-18)12-19-22(14)23(26)20(30-19)11-15-5-7-16(8-6-15)24(27)28-2/h3-12H,13H2,1-2H3/b20-11-. The van der Waals surface area contributed by atoms with Gasteiger partial charge in [-0.3, -0.25) is 9.59 Å². The van der Waals surface area contributed by atoms with E-state index < -0.39 is 5.97 Å². The smallest absolute Gasteiger partial charge is 0.337 e. The number of fused-ring (bicyclic) bond motifs is 1. The maximum absolute atomic E-state index is 12.8. The summed E-state index contributed by atoms with van der Waals surface area (Å²) in [6.45, 7) is 1.77. The molecule has 7 heteroatoms. The van der Waals surface area contributed by atoms with Gasteiger partial charge >= 0.3 is 11.9 Å². The summed E-state index contributed by atoms with van der Waals surface area (Å²) in [7, 11) is 1.32. The van der Waals surface area contributed by atoms with Crippen molar-refractivity contribution in [1.82, 2.24) is 0 Å². The average Bonchev–Trinajstić information content (AvgIpc) is 3.36. The zero-order valence-corrected chi connectivity index (χ0v) is 17.7. The second kappa shape index (κ2) is 8.57. The minimum Gasteiger partial charge on any atom is -0.465 e. The number of Topliss-reactive ketones (excluding diaryl/α,β-unsaturated/α-hetero) is 1. The molecule has 0 spiro atoms. The number of ketones is 1. The maximum atomic E-state index is 12.8. The van der Waals surface area contributed by atoms with Crippen molar-refractivity contribution in [2.75, 3.05) is 7.11 Å². The highest BCUT2D eigenvalue weighted by molar-refractivity contribution is 7.10. The number of rotatable bonds is 5. The molecule has 0 radical (unpaired) electrons. The second-order valence-corrected chi connectivity index (χ2v) is 7.93. The number of hydrogen-bond donors (Lipinski definition) is 0. The van der Waals surface area contributed by atoms with Crippen LogP contribution in [0.5, 0.6) is 11.5 Å².